The molecule has 0 saturated heterocycles. The number of rotatable bonds is 3. The number of halogens is 1. The molecule has 0 atom stereocenters. The summed E-state index contributed by atoms with van der Waals surface area (Å²) in [5, 5.41) is 0. The average Bonchev–Trinajstić information content (AvgIpc) is 3.05. The molecular formula is C13H16BrNO. The Kier molecular flexibility index (Phi) is 3.33. The molecule has 0 bridgehead atoms. The van der Waals surface area contributed by atoms with Gasteiger partial charge in [0.1, 0.15) is 0 Å². The van der Waals surface area contributed by atoms with Crippen molar-refractivity contribution in [2.24, 2.45) is 5.92 Å². The van der Waals surface area contributed by atoms with Gasteiger partial charge in [0.15, 0.2) is 0 Å². The van der Waals surface area contributed by atoms with Crippen LogP contribution >= 0.6 is 15.9 Å². The van der Waals surface area contributed by atoms with Crippen LogP contribution in [0.1, 0.15) is 28.8 Å². The predicted octanol–water partition coefficient (Wildman–Crippen LogP) is 3.24. The normalized spacial score (nSPS) is 14.9. The summed E-state index contributed by atoms with van der Waals surface area (Å²) in [6.07, 6.45) is 2.54. The summed E-state index contributed by atoms with van der Waals surface area (Å²) in [4.78, 5) is 14.0. The van der Waals surface area contributed by atoms with Crippen molar-refractivity contribution >= 4 is 21.8 Å². The van der Waals surface area contributed by atoms with Crippen LogP contribution in [0.15, 0.2) is 22.7 Å². The molecule has 0 aromatic heterocycles. The lowest BCUT2D eigenvalue weighted by Crippen LogP contribution is -2.29. The number of benzene rings is 1. The first-order chi connectivity index (χ1) is 7.59. The number of amides is 1. The predicted molar refractivity (Wildman–Crippen MR) is 68.6 cm³/mol. The number of carbonyl (C=O) groups is 1. The van der Waals surface area contributed by atoms with Crippen LogP contribution in [0.25, 0.3) is 0 Å². The fraction of sp³-hybridized carbons (Fsp3) is 0.462. The van der Waals surface area contributed by atoms with Crippen molar-refractivity contribution in [2.75, 3.05) is 13.6 Å². The minimum Gasteiger partial charge on any atom is -0.341 e. The second kappa shape index (κ2) is 4.58. The van der Waals surface area contributed by atoms with Gasteiger partial charge in [0, 0.05) is 18.1 Å². The Morgan fingerprint density at radius 1 is 1.50 bits per heavy atom. The first-order valence-corrected chi connectivity index (χ1v) is 6.39. The molecular weight excluding hydrogens is 266 g/mol. The summed E-state index contributed by atoms with van der Waals surface area (Å²) < 4.78 is 0.919. The van der Waals surface area contributed by atoms with Gasteiger partial charge in [0.25, 0.3) is 5.91 Å². The molecule has 0 radical (unpaired) electrons. The van der Waals surface area contributed by atoms with E-state index in [1.54, 1.807) is 0 Å². The molecule has 1 aliphatic rings. The molecule has 0 unspecified atom stereocenters. The van der Waals surface area contributed by atoms with E-state index < -0.39 is 0 Å². The Morgan fingerprint density at radius 3 is 2.81 bits per heavy atom. The van der Waals surface area contributed by atoms with Crippen molar-refractivity contribution in [2.45, 2.75) is 19.8 Å². The average molecular weight is 282 g/mol. The van der Waals surface area contributed by atoms with E-state index in [0.717, 1.165) is 28.1 Å². The maximum atomic E-state index is 12.2. The van der Waals surface area contributed by atoms with Crippen molar-refractivity contribution < 1.29 is 4.79 Å². The molecule has 0 heterocycles. The van der Waals surface area contributed by atoms with Crippen LogP contribution < -0.4 is 0 Å². The summed E-state index contributed by atoms with van der Waals surface area (Å²) in [6, 6.07) is 5.81. The molecule has 3 heteroatoms. The summed E-state index contributed by atoms with van der Waals surface area (Å²) in [5.41, 5.74) is 1.87. The molecule has 1 fully saturated rings. The summed E-state index contributed by atoms with van der Waals surface area (Å²) in [6.45, 7) is 2.89. The van der Waals surface area contributed by atoms with Gasteiger partial charge in [-0.15, -0.1) is 0 Å². The molecule has 1 aliphatic carbocycles. The lowest BCUT2D eigenvalue weighted by Gasteiger charge is -2.18. The molecule has 0 spiro atoms. The molecule has 1 aromatic carbocycles. The van der Waals surface area contributed by atoms with Crippen LogP contribution in [0.2, 0.25) is 0 Å². The Morgan fingerprint density at radius 2 is 2.19 bits per heavy atom. The number of aryl methyl sites for hydroxylation is 1. The monoisotopic (exact) mass is 281 g/mol. The van der Waals surface area contributed by atoms with E-state index >= 15 is 0 Å². The van der Waals surface area contributed by atoms with Gasteiger partial charge in [-0.1, -0.05) is 12.1 Å². The smallest absolute Gasteiger partial charge is 0.254 e. The highest BCUT2D eigenvalue weighted by Crippen LogP contribution is 2.30. The van der Waals surface area contributed by atoms with Gasteiger partial charge in [-0.2, -0.15) is 0 Å². The molecule has 1 saturated carbocycles. The van der Waals surface area contributed by atoms with Crippen molar-refractivity contribution in [1.29, 1.82) is 0 Å². The Balaban J connectivity index is 2.15. The third kappa shape index (κ3) is 2.46. The van der Waals surface area contributed by atoms with Gasteiger partial charge >= 0.3 is 0 Å². The Labute approximate surface area is 105 Å². The first kappa shape index (κ1) is 11.6. The first-order valence-electron chi connectivity index (χ1n) is 5.60. The summed E-state index contributed by atoms with van der Waals surface area (Å²) in [5.74, 6) is 0.847. The highest BCUT2D eigenvalue weighted by Gasteiger charge is 2.25. The topological polar surface area (TPSA) is 20.3 Å². The van der Waals surface area contributed by atoms with E-state index in [4.69, 9.17) is 0 Å². The molecule has 1 amide bonds. The van der Waals surface area contributed by atoms with Crippen LogP contribution in [0.3, 0.4) is 0 Å². The van der Waals surface area contributed by atoms with Crippen LogP contribution in [0.5, 0.6) is 0 Å². The number of hydrogen-bond donors (Lipinski definition) is 0. The van der Waals surface area contributed by atoms with E-state index in [9.17, 15) is 4.79 Å². The third-order valence-corrected chi connectivity index (χ3v) is 4.05. The van der Waals surface area contributed by atoms with Crippen LogP contribution in [-0.4, -0.2) is 24.4 Å². The lowest BCUT2D eigenvalue weighted by atomic mass is 10.1. The highest BCUT2D eigenvalue weighted by atomic mass is 79.9. The number of nitrogens with zero attached hydrogens (tertiary/aromatic N) is 1. The fourth-order valence-corrected chi connectivity index (χ4v) is 2.22. The quantitative estimate of drug-likeness (QED) is 0.833. The van der Waals surface area contributed by atoms with Gasteiger partial charge < -0.3 is 4.90 Å². The molecule has 2 rings (SSSR count). The molecule has 0 N–H and O–H groups in total. The largest absolute Gasteiger partial charge is 0.341 e. The molecule has 0 aliphatic heterocycles. The van der Waals surface area contributed by atoms with Crippen LogP contribution in [-0.2, 0) is 0 Å². The fourth-order valence-electron chi connectivity index (χ4n) is 1.79. The van der Waals surface area contributed by atoms with E-state index in [1.807, 2.05) is 37.1 Å². The maximum Gasteiger partial charge on any atom is 0.254 e. The van der Waals surface area contributed by atoms with Crippen LogP contribution in [0, 0.1) is 12.8 Å². The maximum absolute atomic E-state index is 12.2. The van der Waals surface area contributed by atoms with Gasteiger partial charge in [-0.3, -0.25) is 4.79 Å². The Bertz CT molecular complexity index is 412. The number of carbonyl (C=O) groups excluding carboxylic acids is 1. The van der Waals surface area contributed by atoms with Gasteiger partial charge in [-0.05, 0) is 53.2 Å². The SMILES string of the molecule is Cc1cccc(C(=O)N(C)CC2CC2)c1Br. The molecule has 2 nitrogen and oxygen atoms in total. The van der Waals surface area contributed by atoms with Gasteiger partial charge in [-0.25, -0.2) is 0 Å². The third-order valence-electron chi connectivity index (χ3n) is 3.00. The zero-order chi connectivity index (χ0) is 11.7. The zero-order valence-corrected chi connectivity index (χ0v) is 11.3. The number of hydrogen-bond acceptors (Lipinski definition) is 1. The zero-order valence-electron chi connectivity index (χ0n) is 9.66. The van der Waals surface area contributed by atoms with Gasteiger partial charge in [0.05, 0.1) is 5.56 Å². The second-order valence-electron chi connectivity index (χ2n) is 4.57. The highest BCUT2D eigenvalue weighted by molar-refractivity contribution is 9.10. The minimum atomic E-state index is 0.113. The van der Waals surface area contributed by atoms with E-state index in [1.165, 1.54) is 12.8 Å². The molecule has 86 valence electrons. The summed E-state index contributed by atoms with van der Waals surface area (Å²) >= 11 is 3.48. The van der Waals surface area contributed by atoms with Crippen molar-refractivity contribution in [1.82, 2.24) is 4.90 Å². The van der Waals surface area contributed by atoms with E-state index in [0.29, 0.717) is 0 Å². The van der Waals surface area contributed by atoms with E-state index in [2.05, 4.69) is 15.9 Å². The van der Waals surface area contributed by atoms with Crippen molar-refractivity contribution in [3.8, 4) is 0 Å². The van der Waals surface area contributed by atoms with Gasteiger partial charge in [0.2, 0.25) is 0 Å². The lowest BCUT2D eigenvalue weighted by molar-refractivity contribution is 0.0787. The summed E-state index contributed by atoms with van der Waals surface area (Å²) in [7, 11) is 1.88. The molecule has 16 heavy (non-hydrogen) atoms. The second-order valence-corrected chi connectivity index (χ2v) is 5.36. The van der Waals surface area contributed by atoms with E-state index in [-0.39, 0.29) is 5.91 Å². The minimum absolute atomic E-state index is 0.113. The standard InChI is InChI=1S/C13H16BrNO/c1-9-4-3-5-11(12(9)14)13(16)15(2)8-10-6-7-10/h3-5,10H,6-8H2,1-2H3. The van der Waals surface area contributed by atoms with Crippen LogP contribution in [0.4, 0.5) is 0 Å². The van der Waals surface area contributed by atoms with Crippen molar-refractivity contribution in [3.63, 3.8) is 0 Å². The Hall–Kier alpha value is -0.830. The van der Waals surface area contributed by atoms with Crippen molar-refractivity contribution in [3.05, 3.63) is 33.8 Å². The molecule has 1 aromatic rings.